The molecule has 15 nitrogen and oxygen atoms in total. The first-order chi connectivity index (χ1) is 27.4. The summed E-state index contributed by atoms with van der Waals surface area (Å²) >= 11 is 6.18. The zero-order chi connectivity index (χ0) is 42.2. The Bertz CT molecular complexity index is 1950. The first kappa shape index (κ1) is 43.6. The maximum Gasteiger partial charge on any atom is 0.410 e. The van der Waals surface area contributed by atoms with Crippen molar-refractivity contribution in [3.63, 3.8) is 0 Å². The van der Waals surface area contributed by atoms with Gasteiger partial charge in [0.25, 0.3) is 0 Å². The molecule has 4 atom stereocenters. The number of rotatable bonds is 12. The summed E-state index contributed by atoms with van der Waals surface area (Å²) in [5.74, 6) is -1.48. The van der Waals surface area contributed by atoms with Gasteiger partial charge in [-0.1, -0.05) is 29.8 Å². The van der Waals surface area contributed by atoms with E-state index in [-0.39, 0.29) is 44.0 Å². The lowest BCUT2D eigenvalue weighted by atomic mass is 9.84. The highest BCUT2D eigenvalue weighted by Crippen LogP contribution is 2.38. The lowest BCUT2D eigenvalue weighted by molar-refractivity contribution is -0.124. The monoisotopic (exact) mass is 839 g/mol. The van der Waals surface area contributed by atoms with Gasteiger partial charge in [0.1, 0.15) is 30.6 Å². The number of benzene rings is 2. The topological polar surface area (TPSA) is 176 Å². The first-order valence-corrected chi connectivity index (χ1v) is 18.3. The second-order valence-electron chi connectivity index (χ2n) is 14.2. The molecule has 314 valence electrons. The Kier molecular flexibility index (Phi) is 14.1. The van der Waals surface area contributed by atoms with Crippen molar-refractivity contribution >= 4 is 41.5 Å². The molecular weight excluding hydrogens is 798 g/mol. The predicted octanol–water partition coefficient (Wildman–Crippen LogP) is 6.32. The zero-order valence-corrected chi connectivity index (χ0v) is 32.6. The Balaban J connectivity index is 1.35. The number of hydrogen-bond acceptors (Lipinski definition) is 11. The number of alkyl carbamates (subject to hydrolysis) is 2. The molecule has 2 aromatic carbocycles. The van der Waals surface area contributed by atoms with Crippen LogP contribution in [0.25, 0.3) is 0 Å². The average Bonchev–Trinajstić information content (AvgIpc) is 3.64. The van der Waals surface area contributed by atoms with Crippen LogP contribution in [0.1, 0.15) is 49.8 Å². The van der Waals surface area contributed by atoms with E-state index in [0.29, 0.717) is 27.6 Å². The number of methoxy groups -OCH3 is 1. The third-order valence-corrected chi connectivity index (χ3v) is 9.12. The fourth-order valence-corrected chi connectivity index (χ4v) is 6.32. The van der Waals surface area contributed by atoms with E-state index in [0.717, 1.165) is 13.3 Å². The maximum atomic E-state index is 15.5. The molecule has 1 fully saturated rings. The largest absolute Gasteiger partial charge is 0.454 e. The Morgan fingerprint density at radius 2 is 1.71 bits per heavy atom. The highest BCUT2D eigenvalue weighted by molar-refractivity contribution is 6.30. The molecule has 3 heterocycles. The number of hydrogen-bond donors (Lipinski definition) is 3. The Morgan fingerprint density at radius 1 is 1.00 bits per heavy atom. The second kappa shape index (κ2) is 18.8. The number of amides is 4. The molecule has 0 aliphatic carbocycles. The van der Waals surface area contributed by atoms with Crippen LogP contribution in [0.4, 0.5) is 37.6 Å². The summed E-state index contributed by atoms with van der Waals surface area (Å²) in [6, 6.07) is 9.42. The standard InChI is InChI=1S/C38H42ClF4N5O10/c1-37(2,3)58-36(52)48-16-25(54-17-24(48)18-55-34(50)45-19-38(41,42)43)10-11-26-27(40)14-44-15-28(26)46-33(49)32(47-35(51)53-4)31(21-5-8-23(39)9-6-21)22-7-12-29-30(13-22)57-20-56-29/h5-9,12-15,24-25,31-32H,10-11,16-20H2,1-4H3,(H,45,50)(H,46,49)(H,47,51)/t24?,25?,31-,32-/m0/s1. The third-order valence-electron chi connectivity index (χ3n) is 8.87. The van der Waals surface area contributed by atoms with Gasteiger partial charge in [0.05, 0.1) is 50.5 Å². The van der Waals surface area contributed by atoms with Crippen LogP contribution in [0.3, 0.4) is 0 Å². The highest BCUT2D eigenvalue weighted by Gasteiger charge is 2.38. The Hall–Kier alpha value is -5.56. The van der Waals surface area contributed by atoms with Crippen LogP contribution in [-0.4, -0.2) is 104 Å². The number of halogens is 5. The third kappa shape index (κ3) is 12.0. The van der Waals surface area contributed by atoms with E-state index in [4.69, 9.17) is 40.0 Å². The molecule has 0 bridgehead atoms. The van der Waals surface area contributed by atoms with Crippen LogP contribution < -0.4 is 25.4 Å². The van der Waals surface area contributed by atoms with Gasteiger partial charge >= 0.3 is 24.5 Å². The number of aromatic nitrogens is 1. The SMILES string of the molecule is COC(=O)N[C@H](C(=O)Nc1cncc(F)c1CCC1CN(C(=O)OC(C)(C)C)C(COC(=O)NCC(F)(F)F)CO1)[C@@H](c1ccc(Cl)cc1)c1ccc2c(c1)OCO2. The van der Waals surface area contributed by atoms with Gasteiger partial charge in [-0.25, -0.2) is 18.8 Å². The molecule has 2 aliphatic rings. The van der Waals surface area contributed by atoms with Gasteiger partial charge in [0.15, 0.2) is 11.5 Å². The van der Waals surface area contributed by atoms with E-state index < -0.39 is 79.0 Å². The molecule has 0 radical (unpaired) electrons. The van der Waals surface area contributed by atoms with E-state index in [1.165, 1.54) is 11.1 Å². The van der Waals surface area contributed by atoms with Crippen molar-refractivity contribution in [3.8, 4) is 11.5 Å². The van der Waals surface area contributed by atoms with Gasteiger partial charge in [-0.15, -0.1) is 0 Å². The number of alkyl halides is 3. The van der Waals surface area contributed by atoms with Gasteiger partial charge in [0, 0.05) is 16.5 Å². The summed E-state index contributed by atoms with van der Waals surface area (Å²) in [6.07, 6.45) is -6.19. The van der Waals surface area contributed by atoms with E-state index in [9.17, 15) is 32.3 Å². The quantitative estimate of drug-likeness (QED) is 0.137. The fourth-order valence-electron chi connectivity index (χ4n) is 6.19. The summed E-state index contributed by atoms with van der Waals surface area (Å²) in [4.78, 5) is 57.3. The number of nitrogens with one attached hydrogen (secondary N) is 3. The van der Waals surface area contributed by atoms with Crippen molar-refractivity contribution in [2.45, 2.75) is 69.5 Å². The molecule has 20 heteroatoms. The van der Waals surface area contributed by atoms with Gasteiger partial charge < -0.3 is 44.4 Å². The summed E-state index contributed by atoms with van der Waals surface area (Å²) in [7, 11) is 1.14. The van der Waals surface area contributed by atoms with E-state index in [2.05, 4.69) is 15.6 Å². The van der Waals surface area contributed by atoms with Gasteiger partial charge in [0.2, 0.25) is 12.7 Å². The van der Waals surface area contributed by atoms with Crippen molar-refractivity contribution in [2.75, 3.05) is 45.5 Å². The Morgan fingerprint density at radius 3 is 2.40 bits per heavy atom. The summed E-state index contributed by atoms with van der Waals surface area (Å²) in [6.45, 7) is 2.48. The summed E-state index contributed by atoms with van der Waals surface area (Å²) in [5, 5.41) is 7.34. The number of pyridine rings is 1. The van der Waals surface area contributed by atoms with Crippen LogP contribution in [0.2, 0.25) is 5.02 Å². The van der Waals surface area contributed by atoms with E-state index in [1.807, 2.05) is 0 Å². The summed E-state index contributed by atoms with van der Waals surface area (Å²) < 4.78 is 85.5. The minimum Gasteiger partial charge on any atom is -0.454 e. The van der Waals surface area contributed by atoms with Crippen molar-refractivity contribution < 1.29 is 65.2 Å². The fraction of sp³-hybridized carbons (Fsp3) is 0.447. The molecule has 5 rings (SSSR count). The number of morpholine rings is 1. The van der Waals surface area contributed by atoms with Crippen LogP contribution >= 0.6 is 11.6 Å². The minimum absolute atomic E-state index is 0.00290. The van der Waals surface area contributed by atoms with Crippen LogP contribution in [0.15, 0.2) is 54.9 Å². The van der Waals surface area contributed by atoms with E-state index >= 15 is 4.39 Å². The first-order valence-electron chi connectivity index (χ1n) is 17.9. The minimum atomic E-state index is -4.66. The number of carbonyl (C=O) groups excluding carboxylic acids is 4. The second-order valence-corrected chi connectivity index (χ2v) is 14.7. The van der Waals surface area contributed by atoms with Gasteiger partial charge in [-0.3, -0.25) is 14.7 Å². The van der Waals surface area contributed by atoms with Crippen LogP contribution in [0, 0.1) is 5.82 Å². The maximum absolute atomic E-state index is 15.5. The molecule has 0 saturated carbocycles. The Labute approximate surface area is 335 Å². The summed E-state index contributed by atoms with van der Waals surface area (Å²) in [5.41, 5.74) is 0.217. The number of carbonyl (C=O) groups is 4. The molecular formula is C38H42ClF4N5O10. The van der Waals surface area contributed by atoms with E-state index in [1.54, 1.807) is 68.6 Å². The zero-order valence-electron chi connectivity index (χ0n) is 31.8. The molecule has 4 amide bonds. The normalized spacial score (nSPS) is 17.4. The van der Waals surface area contributed by atoms with Crippen molar-refractivity contribution in [2.24, 2.45) is 0 Å². The van der Waals surface area contributed by atoms with Gasteiger partial charge in [-0.2, -0.15) is 13.2 Å². The average molecular weight is 840 g/mol. The number of anilines is 1. The van der Waals surface area contributed by atoms with Crippen molar-refractivity contribution in [1.82, 2.24) is 20.5 Å². The molecule has 3 aromatic rings. The molecule has 2 unspecified atom stereocenters. The molecule has 58 heavy (non-hydrogen) atoms. The lowest BCUT2D eigenvalue weighted by Gasteiger charge is -2.39. The molecule has 1 saturated heterocycles. The van der Waals surface area contributed by atoms with Crippen LogP contribution in [0.5, 0.6) is 11.5 Å². The van der Waals surface area contributed by atoms with Crippen LogP contribution in [-0.2, 0) is 30.2 Å². The number of nitrogens with zero attached hydrogens (tertiary/aromatic N) is 2. The van der Waals surface area contributed by atoms with Crippen molar-refractivity contribution in [3.05, 3.63) is 82.4 Å². The molecule has 0 spiro atoms. The molecule has 1 aromatic heterocycles. The molecule has 3 N–H and O–H groups in total. The van der Waals surface area contributed by atoms with Crippen molar-refractivity contribution in [1.29, 1.82) is 0 Å². The predicted molar refractivity (Wildman–Crippen MR) is 198 cm³/mol. The smallest absolute Gasteiger partial charge is 0.410 e. The highest BCUT2D eigenvalue weighted by atomic mass is 35.5. The van der Waals surface area contributed by atoms with Gasteiger partial charge in [-0.05, 0) is 69.0 Å². The number of ether oxygens (including phenoxy) is 6. The lowest BCUT2D eigenvalue weighted by Crippen LogP contribution is -2.55. The number of fused-ring (bicyclic) bond motifs is 1. The molecule has 2 aliphatic heterocycles.